The topological polar surface area (TPSA) is 116 Å². The summed E-state index contributed by atoms with van der Waals surface area (Å²) in [6, 6.07) is 5.04. The van der Waals surface area contributed by atoms with Crippen LogP contribution in [0.15, 0.2) is 29.2 Å². The third-order valence-corrected chi connectivity index (χ3v) is 6.98. The lowest BCUT2D eigenvalue weighted by molar-refractivity contribution is -0.384. The zero-order chi connectivity index (χ0) is 18.0. The molecule has 2 unspecified atom stereocenters. The Labute approximate surface area is 147 Å². The Hall–Kier alpha value is -1.55. The van der Waals surface area contributed by atoms with Crippen molar-refractivity contribution < 1.29 is 18.1 Å². The van der Waals surface area contributed by atoms with Crippen molar-refractivity contribution in [2.24, 2.45) is 11.7 Å². The van der Waals surface area contributed by atoms with Crippen molar-refractivity contribution in [2.45, 2.75) is 42.7 Å². The summed E-state index contributed by atoms with van der Waals surface area (Å²) in [7, 11) is -3.63. The molecule has 2 atom stereocenters. The highest BCUT2D eigenvalue weighted by Crippen LogP contribution is 2.30. The Kier molecular flexibility index (Phi) is 5.38. The molecule has 2 fully saturated rings. The number of piperidine rings is 1. The van der Waals surface area contributed by atoms with Crippen LogP contribution in [0.3, 0.4) is 0 Å². The van der Waals surface area contributed by atoms with Crippen molar-refractivity contribution in [3.8, 4) is 0 Å². The normalized spacial score (nSPS) is 26.4. The van der Waals surface area contributed by atoms with Gasteiger partial charge in [0.2, 0.25) is 10.0 Å². The van der Waals surface area contributed by atoms with Crippen LogP contribution in [-0.2, 0) is 14.8 Å². The molecule has 0 aromatic heterocycles. The van der Waals surface area contributed by atoms with Gasteiger partial charge in [-0.1, -0.05) is 0 Å². The molecular formula is C16H23N3O5S. The lowest BCUT2D eigenvalue weighted by atomic mass is 9.85. The van der Waals surface area contributed by atoms with Gasteiger partial charge in [-0.15, -0.1) is 0 Å². The van der Waals surface area contributed by atoms with E-state index in [4.69, 9.17) is 10.5 Å². The highest BCUT2D eigenvalue weighted by molar-refractivity contribution is 7.89. The second kappa shape index (κ2) is 7.36. The van der Waals surface area contributed by atoms with Crippen LogP contribution in [0.5, 0.6) is 0 Å². The second-order valence-electron chi connectivity index (χ2n) is 6.63. The smallest absolute Gasteiger partial charge is 0.269 e. The lowest BCUT2D eigenvalue weighted by Crippen LogP contribution is -2.49. The predicted molar refractivity (Wildman–Crippen MR) is 91.5 cm³/mol. The highest BCUT2D eigenvalue weighted by atomic mass is 32.2. The number of hydrogen-bond acceptors (Lipinski definition) is 6. The van der Waals surface area contributed by atoms with Crippen LogP contribution in [0.4, 0.5) is 5.69 Å². The number of rotatable bonds is 4. The van der Waals surface area contributed by atoms with Crippen molar-refractivity contribution in [1.29, 1.82) is 0 Å². The van der Waals surface area contributed by atoms with Crippen LogP contribution in [0.25, 0.3) is 0 Å². The monoisotopic (exact) mass is 369 g/mol. The number of nitro benzene ring substituents is 1. The number of hydrogen-bond donors (Lipinski definition) is 1. The molecule has 3 rings (SSSR count). The minimum absolute atomic E-state index is 0.0120. The highest BCUT2D eigenvalue weighted by Gasteiger charge is 2.36. The second-order valence-corrected chi connectivity index (χ2v) is 8.57. The molecule has 8 nitrogen and oxygen atoms in total. The minimum Gasteiger partial charge on any atom is -0.376 e. The molecule has 2 heterocycles. The van der Waals surface area contributed by atoms with Gasteiger partial charge in [-0.05, 0) is 43.7 Å². The Morgan fingerprint density at radius 1 is 1.16 bits per heavy atom. The zero-order valence-corrected chi connectivity index (χ0v) is 14.7. The first-order valence-corrected chi connectivity index (χ1v) is 9.95. The van der Waals surface area contributed by atoms with Crippen LogP contribution in [0, 0.1) is 16.0 Å². The van der Waals surface area contributed by atoms with Crippen LogP contribution in [-0.4, -0.2) is 49.5 Å². The summed E-state index contributed by atoms with van der Waals surface area (Å²) in [4.78, 5) is 10.2. The minimum atomic E-state index is -3.63. The van der Waals surface area contributed by atoms with Gasteiger partial charge in [0, 0.05) is 37.9 Å². The van der Waals surface area contributed by atoms with E-state index in [2.05, 4.69) is 0 Å². The molecule has 0 bridgehead atoms. The third kappa shape index (κ3) is 3.84. The number of sulfonamides is 1. The molecule has 0 spiro atoms. The summed E-state index contributed by atoms with van der Waals surface area (Å²) in [5.41, 5.74) is 6.02. The summed E-state index contributed by atoms with van der Waals surface area (Å²) in [6.45, 7) is 1.55. The lowest BCUT2D eigenvalue weighted by Gasteiger charge is -2.39. The number of ether oxygens (including phenoxy) is 1. The first-order chi connectivity index (χ1) is 11.9. The number of non-ortho nitro benzene ring substituents is 1. The van der Waals surface area contributed by atoms with Gasteiger partial charge in [-0.3, -0.25) is 10.1 Å². The maximum Gasteiger partial charge on any atom is 0.269 e. The van der Waals surface area contributed by atoms with E-state index in [1.165, 1.54) is 28.6 Å². The van der Waals surface area contributed by atoms with E-state index in [9.17, 15) is 18.5 Å². The first kappa shape index (κ1) is 18.2. The van der Waals surface area contributed by atoms with Gasteiger partial charge in [-0.25, -0.2) is 8.42 Å². The van der Waals surface area contributed by atoms with E-state index in [1.807, 2.05) is 0 Å². The van der Waals surface area contributed by atoms with Crippen molar-refractivity contribution in [2.75, 3.05) is 19.7 Å². The first-order valence-electron chi connectivity index (χ1n) is 8.51. The molecule has 0 radical (unpaired) electrons. The van der Waals surface area contributed by atoms with Crippen molar-refractivity contribution in [3.63, 3.8) is 0 Å². The maximum atomic E-state index is 12.7. The van der Waals surface area contributed by atoms with E-state index in [-0.39, 0.29) is 28.6 Å². The van der Waals surface area contributed by atoms with E-state index < -0.39 is 14.9 Å². The van der Waals surface area contributed by atoms with Crippen LogP contribution in [0.2, 0.25) is 0 Å². The number of nitrogens with zero attached hydrogens (tertiary/aromatic N) is 2. The van der Waals surface area contributed by atoms with Gasteiger partial charge in [0.1, 0.15) is 0 Å². The largest absolute Gasteiger partial charge is 0.376 e. The summed E-state index contributed by atoms with van der Waals surface area (Å²) in [5, 5.41) is 10.7. The summed E-state index contributed by atoms with van der Waals surface area (Å²) in [6.07, 6.45) is 3.37. The van der Waals surface area contributed by atoms with Gasteiger partial charge < -0.3 is 10.5 Å². The SMILES string of the molecule is NC1CCCOC1C1CCN(S(=O)(=O)c2ccc([N+](=O)[O-])cc2)CC1. The molecule has 9 heteroatoms. The van der Waals surface area contributed by atoms with Crippen LogP contribution in [0.1, 0.15) is 25.7 Å². The van der Waals surface area contributed by atoms with Gasteiger partial charge >= 0.3 is 0 Å². The number of nitro groups is 1. The van der Waals surface area contributed by atoms with E-state index in [1.54, 1.807) is 0 Å². The molecule has 138 valence electrons. The third-order valence-electron chi connectivity index (χ3n) is 5.06. The standard InChI is InChI=1S/C16H23N3O5S/c17-15-2-1-11-24-16(15)12-7-9-18(10-8-12)25(22,23)14-5-3-13(4-6-14)19(20)21/h3-6,12,15-16H,1-2,7-11,17H2. The van der Waals surface area contributed by atoms with Crippen molar-refractivity contribution >= 4 is 15.7 Å². The molecule has 2 N–H and O–H groups in total. The fourth-order valence-corrected chi connectivity index (χ4v) is 5.12. The molecule has 0 aliphatic carbocycles. The van der Waals surface area contributed by atoms with Gasteiger partial charge in [0.25, 0.3) is 5.69 Å². The molecule has 2 aliphatic rings. The summed E-state index contributed by atoms with van der Waals surface area (Å²) >= 11 is 0. The Balaban J connectivity index is 1.66. The Morgan fingerprint density at radius 3 is 2.36 bits per heavy atom. The summed E-state index contributed by atoms with van der Waals surface area (Å²) < 4.78 is 32.7. The van der Waals surface area contributed by atoms with Gasteiger partial charge in [-0.2, -0.15) is 4.31 Å². The molecule has 0 amide bonds. The van der Waals surface area contributed by atoms with E-state index in [0.29, 0.717) is 25.9 Å². The molecule has 2 aliphatic heterocycles. The average Bonchev–Trinajstić information content (AvgIpc) is 2.62. The average molecular weight is 369 g/mol. The molecule has 1 aromatic carbocycles. The maximum absolute atomic E-state index is 12.7. The van der Waals surface area contributed by atoms with Crippen LogP contribution >= 0.6 is 0 Å². The van der Waals surface area contributed by atoms with Gasteiger partial charge in [0.15, 0.2) is 0 Å². The van der Waals surface area contributed by atoms with E-state index >= 15 is 0 Å². The molecule has 2 saturated heterocycles. The Bertz CT molecular complexity index is 714. The predicted octanol–water partition coefficient (Wildman–Crippen LogP) is 1.50. The van der Waals surface area contributed by atoms with E-state index in [0.717, 1.165) is 19.4 Å². The number of nitrogens with two attached hydrogens (primary N) is 1. The Morgan fingerprint density at radius 2 is 1.80 bits per heavy atom. The quantitative estimate of drug-likeness (QED) is 0.635. The molecular weight excluding hydrogens is 346 g/mol. The summed E-state index contributed by atoms with van der Waals surface area (Å²) in [5.74, 6) is 0.276. The fraction of sp³-hybridized carbons (Fsp3) is 0.625. The number of benzene rings is 1. The molecule has 1 aromatic rings. The van der Waals surface area contributed by atoms with Gasteiger partial charge in [0.05, 0.1) is 15.9 Å². The zero-order valence-electron chi connectivity index (χ0n) is 13.9. The van der Waals surface area contributed by atoms with Crippen LogP contribution < -0.4 is 5.73 Å². The molecule has 0 saturated carbocycles. The van der Waals surface area contributed by atoms with Crippen molar-refractivity contribution in [3.05, 3.63) is 34.4 Å². The fourth-order valence-electron chi connectivity index (χ4n) is 3.65. The molecule has 25 heavy (non-hydrogen) atoms. The van der Waals surface area contributed by atoms with Crippen molar-refractivity contribution in [1.82, 2.24) is 4.31 Å².